The van der Waals surface area contributed by atoms with Gasteiger partial charge in [0.2, 0.25) is 0 Å². The highest BCUT2D eigenvalue weighted by Gasteiger charge is 2.55. The van der Waals surface area contributed by atoms with Gasteiger partial charge in [0.15, 0.2) is 17.7 Å². The molecule has 2 saturated heterocycles. The fourth-order valence-electron chi connectivity index (χ4n) is 2.95. The smallest absolute Gasteiger partial charge is 0.166 e. The average Bonchev–Trinajstić information content (AvgIpc) is 3.10. The van der Waals surface area contributed by atoms with Crippen LogP contribution in [0.1, 0.15) is 21.4 Å². The van der Waals surface area contributed by atoms with Gasteiger partial charge in [-0.2, -0.15) is 0 Å². The summed E-state index contributed by atoms with van der Waals surface area (Å²) in [6.07, 6.45) is 1.17. The molecule has 0 radical (unpaired) electrons. The van der Waals surface area contributed by atoms with Crippen molar-refractivity contribution in [3.63, 3.8) is 0 Å². The van der Waals surface area contributed by atoms with Gasteiger partial charge in [0, 0.05) is 0 Å². The molecule has 112 valence electrons. The summed E-state index contributed by atoms with van der Waals surface area (Å²) < 4.78 is 27.1. The largest absolute Gasteiger partial charge is 0.394 e. The lowest BCUT2D eigenvalue weighted by atomic mass is 10.1. The molecule has 2 aliphatic rings. The van der Waals surface area contributed by atoms with E-state index in [1.54, 1.807) is 10.9 Å². The number of hydrogen-bond donors (Lipinski definition) is 1. The molecule has 4 rings (SSSR count). The highest BCUT2D eigenvalue weighted by molar-refractivity contribution is 5.69. The van der Waals surface area contributed by atoms with E-state index >= 15 is 0 Å². The van der Waals surface area contributed by atoms with Gasteiger partial charge < -0.3 is 19.3 Å². The van der Waals surface area contributed by atoms with Crippen molar-refractivity contribution in [2.45, 2.75) is 44.2 Å². The van der Waals surface area contributed by atoms with Gasteiger partial charge in [-0.3, -0.25) is 4.57 Å². The molecule has 8 nitrogen and oxygen atoms in total. The van der Waals surface area contributed by atoms with Crippen molar-refractivity contribution in [2.24, 2.45) is 0 Å². The topological polar surface area (TPSA) is 91.5 Å². The minimum absolute atomic E-state index is 0.0564. The third kappa shape index (κ3) is 1.95. The number of aliphatic hydroxyl groups is 1. The van der Waals surface area contributed by atoms with E-state index in [0.29, 0.717) is 11.2 Å². The number of rotatable bonds is 2. The van der Waals surface area contributed by atoms with Crippen LogP contribution >= 0.6 is 0 Å². The van der Waals surface area contributed by atoms with Crippen molar-refractivity contribution in [3.05, 3.63) is 18.8 Å². The summed E-state index contributed by atoms with van der Waals surface area (Å²) >= 11 is 0. The monoisotopic (exact) mass is 293 g/mol. The van der Waals surface area contributed by atoms with Gasteiger partial charge in [-0.15, -0.1) is 0 Å². The van der Waals surface area contributed by atoms with Gasteiger partial charge in [-0.25, -0.2) is 15.0 Å². The predicted molar refractivity (Wildman–Crippen MR) is 70.1 cm³/mol. The maximum atomic E-state index is 9.51. The van der Waals surface area contributed by atoms with Gasteiger partial charge in [-0.05, 0) is 13.8 Å². The Hall–Kier alpha value is -1.61. The Labute approximate surface area is 122 Å². The van der Waals surface area contributed by atoms with Crippen LogP contribution < -0.4 is 0 Å². The van der Waals surface area contributed by atoms with E-state index in [1.807, 2.05) is 13.8 Å². The van der Waals surface area contributed by atoms with Crippen molar-refractivity contribution >= 4 is 11.2 Å². The van der Waals surface area contributed by atoms with Crippen LogP contribution in [0.2, 0.25) is 0 Å². The van der Waals surface area contributed by atoms with Crippen LogP contribution in [0.4, 0.5) is 0 Å². The van der Waals surface area contributed by atoms with E-state index in [2.05, 4.69) is 15.0 Å². The summed E-state index contributed by atoms with van der Waals surface area (Å²) in [5, 5.41) is 9.51. The Morgan fingerprint density at radius 1 is 1.38 bits per heavy atom. The average molecular weight is 293 g/mol. The SMILES string of the molecule is [2H]c1ncnc2c1ncn2[C@@H]1O[C@H](CO)[C@H]2OC(C)(C)O[C@H]21. The highest BCUT2D eigenvalue weighted by atomic mass is 16.8. The maximum absolute atomic E-state index is 9.51. The fourth-order valence-corrected chi connectivity index (χ4v) is 2.95. The normalized spacial score (nSPS) is 35.1. The van der Waals surface area contributed by atoms with Crippen molar-refractivity contribution in [2.75, 3.05) is 6.61 Å². The number of fused-ring (bicyclic) bond motifs is 2. The van der Waals surface area contributed by atoms with Crippen LogP contribution in [-0.2, 0) is 14.2 Å². The van der Waals surface area contributed by atoms with Gasteiger partial charge >= 0.3 is 0 Å². The van der Waals surface area contributed by atoms with Gasteiger partial charge in [-0.1, -0.05) is 0 Å². The summed E-state index contributed by atoms with van der Waals surface area (Å²) in [7, 11) is 0. The first-order valence-electron chi connectivity index (χ1n) is 7.26. The quantitative estimate of drug-likeness (QED) is 0.847. The molecule has 8 heteroatoms. The summed E-state index contributed by atoms with van der Waals surface area (Å²) in [4.78, 5) is 12.2. The van der Waals surface area contributed by atoms with Crippen LogP contribution in [0, 0.1) is 0 Å². The first kappa shape index (κ1) is 12.0. The van der Waals surface area contributed by atoms with Crippen LogP contribution in [0.25, 0.3) is 11.2 Å². The number of aliphatic hydroxyl groups excluding tert-OH is 1. The first-order valence-corrected chi connectivity index (χ1v) is 6.76. The maximum Gasteiger partial charge on any atom is 0.166 e. The highest BCUT2D eigenvalue weighted by Crippen LogP contribution is 2.43. The molecule has 4 heterocycles. The van der Waals surface area contributed by atoms with Gasteiger partial charge in [0.1, 0.15) is 30.2 Å². The minimum Gasteiger partial charge on any atom is -0.394 e. The Morgan fingerprint density at radius 2 is 2.19 bits per heavy atom. The van der Waals surface area contributed by atoms with Crippen molar-refractivity contribution in [1.29, 1.82) is 0 Å². The zero-order valence-electron chi connectivity index (χ0n) is 12.6. The third-order valence-electron chi connectivity index (χ3n) is 3.76. The van der Waals surface area contributed by atoms with Crippen molar-refractivity contribution in [1.82, 2.24) is 19.5 Å². The van der Waals surface area contributed by atoms with E-state index in [0.717, 1.165) is 0 Å². The summed E-state index contributed by atoms with van der Waals surface area (Å²) in [6.45, 7) is 3.49. The number of imidazole rings is 1. The third-order valence-corrected chi connectivity index (χ3v) is 3.76. The lowest BCUT2D eigenvalue weighted by molar-refractivity contribution is -0.199. The molecule has 1 N–H and O–H groups in total. The Bertz CT molecular complexity index is 721. The van der Waals surface area contributed by atoms with Crippen LogP contribution in [0.5, 0.6) is 0 Å². The fraction of sp³-hybridized carbons (Fsp3) is 0.615. The summed E-state index contributed by atoms with van der Waals surface area (Å²) in [5.41, 5.74) is 0.893. The second-order valence-corrected chi connectivity index (χ2v) is 5.62. The second-order valence-electron chi connectivity index (χ2n) is 5.62. The molecule has 2 fully saturated rings. The van der Waals surface area contributed by atoms with Crippen molar-refractivity contribution in [3.8, 4) is 0 Å². The molecular weight excluding hydrogens is 276 g/mol. The zero-order chi connectivity index (χ0) is 15.5. The standard InChI is InChI=1S/C13H16N4O4/c1-13(2)20-9-8(4-18)19-12(10(9)21-13)17-6-16-7-3-14-5-15-11(7)17/h3,5-6,8-10,12,18H,4H2,1-2H3/t8-,9-,10-,12-/m1/s1/i3D. The molecule has 21 heavy (non-hydrogen) atoms. The molecule has 2 aromatic rings. The lowest BCUT2D eigenvalue weighted by Gasteiger charge is -2.24. The molecule has 0 saturated carbocycles. The van der Waals surface area contributed by atoms with Crippen LogP contribution in [0.3, 0.4) is 0 Å². The van der Waals surface area contributed by atoms with Crippen LogP contribution in [0.15, 0.2) is 18.8 Å². The predicted octanol–water partition coefficient (Wildman–Crippen LogP) is 0.236. The number of hydrogen-bond acceptors (Lipinski definition) is 7. The van der Waals surface area contributed by atoms with Gasteiger partial charge in [0.05, 0.1) is 20.5 Å². The molecular formula is C13H16N4O4. The molecule has 2 aliphatic heterocycles. The zero-order valence-corrected chi connectivity index (χ0v) is 11.6. The second kappa shape index (κ2) is 4.44. The van der Waals surface area contributed by atoms with E-state index < -0.39 is 18.1 Å². The molecule has 0 aromatic carbocycles. The van der Waals surface area contributed by atoms with E-state index in [4.69, 9.17) is 15.6 Å². The molecule has 0 amide bonds. The number of nitrogens with zero attached hydrogens (tertiary/aromatic N) is 4. The molecule has 0 spiro atoms. The molecule has 0 unspecified atom stereocenters. The Kier molecular flexibility index (Phi) is 2.53. The molecule has 2 aromatic heterocycles. The lowest BCUT2D eigenvalue weighted by Crippen LogP contribution is -2.31. The Morgan fingerprint density at radius 3 is 3.00 bits per heavy atom. The minimum atomic E-state index is -0.739. The number of aromatic nitrogens is 4. The summed E-state index contributed by atoms with van der Waals surface area (Å²) in [6, 6.07) is 0. The van der Waals surface area contributed by atoms with Gasteiger partial charge in [0.25, 0.3) is 0 Å². The molecule has 0 aliphatic carbocycles. The van der Waals surface area contributed by atoms with E-state index in [1.165, 1.54) is 6.33 Å². The summed E-state index contributed by atoms with van der Waals surface area (Å²) in [5.74, 6) is -0.739. The van der Waals surface area contributed by atoms with Crippen molar-refractivity contribution < 1.29 is 20.7 Å². The van der Waals surface area contributed by atoms with E-state index in [9.17, 15) is 5.11 Å². The molecule has 0 bridgehead atoms. The Balaban J connectivity index is 1.77. The van der Waals surface area contributed by atoms with E-state index in [-0.39, 0.29) is 25.0 Å². The molecule has 4 atom stereocenters. The first-order chi connectivity index (χ1) is 10.5. The van der Waals surface area contributed by atoms with Crippen LogP contribution in [-0.4, -0.2) is 55.3 Å². The number of ether oxygens (including phenoxy) is 3.